The van der Waals surface area contributed by atoms with Gasteiger partial charge in [0, 0.05) is 6.61 Å². The monoisotopic (exact) mass is 458 g/mol. The van der Waals surface area contributed by atoms with E-state index in [0.29, 0.717) is 6.10 Å². The molecule has 3 heteroatoms. The smallest absolute Gasteiger partial charge is 0.309 e. The third-order valence-electron chi connectivity index (χ3n) is 7.16. The van der Waals surface area contributed by atoms with E-state index in [1.54, 1.807) is 0 Å². The van der Waals surface area contributed by atoms with E-state index in [-0.39, 0.29) is 18.0 Å². The number of aryl methyl sites for hydroxylation is 1. The molecule has 1 unspecified atom stereocenters. The topological polar surface area (TPSA) is 35.5 Å². The fraction of sp³-hybridized carbons (Fsp3) is 0.767. The van der Waals surface area contributed by atoms with Gasteiger partial charge < -0.3 is 9.47 Å². The molecule has 0 heterocycles. The van der Waals surface area contributed by atoms with E-state index in [9.17, 15) is 4.79 Å². The molecule has 1 aliphatic carbocycles. The fourth-order valence-electron chi connectivity index (χ4n) is 4.85. The zero-order valence-electron chi connectivity index (χ0n) is 21.8. The highest BCUT2D eigenvalue weighted by molar-refractivity contribution is 5.72. The summed E-state index contributed by atoms with van der Waals surface area (Å²) >= 11 is 0. The van der Waals surface area contributed by atoms with Gasteiger partial charge in [-0.2, -0.15) is 0 Å². The van der Waals surface area contributed by atoms with Crippen molar-refractivity contribution in [3.63, 3.8) is 0 Å². The molecule has 1 fully saturated rings. The van der Waals surface area contributed by atoms with E-state index in [4.69, 9.17) is 9.47 Å². The zero-order chi connectivity index (χ0) is 23.7. The number of esters is 1. The maximum Gasteiger partial charge on any atom is 0.309 e. The van der Waals surface area contributed by atoms with Crippen molar-refractivity contribution in [2.75, 3.05) is 6.61 Å². The molecule has 2 rings (SSSR count). The van der Waals surface area contributed by atoms with Crippen LogP contribution in [-0.4, -0.2) is 18.7 Å². The zero-order valence-corrected chi connectivity index (χ0v) is 21.8. The van der Waals surface area contributed by atoms with Crippen molar-refractivity contribution in [2.24, 2.45) is 5.92 Å². The van der Waals surface area contributed by atoms with Crippen LogP contribution in [0.4, 0.5) is 0 Å². The van der Waals surface area contributed by atoms with Crippen LogP contribution in [0.5, 0.6) is 0 Å². The third-order valence-corrected chi connectivity index (χ3v) is 7.16. The van der Waals surface area contributed by atoms with Crippen LogP contribution >= 0.6 is 0 Å². The predicted octanol–water partition coefficient (Wildman–Crippen LogP) is 8.74. The number of unbranched alkanes of at least 4 members (excludes halogenated alkanes) is 8. The van der Waals surface area contributed by atoms with Gasteiger partial charge in [0.05, 0.1) is 12.0 Å². The quantitative estimate of drug-likeness (QED) is 0.173. The van der Waals surface area contributed by atoms with Crippen molar-refractivity contribution in [1.82, 2.24) is 0 Å². The lowest BCUT2D eigenvalue weighted by molar-refractivity contribution is -0.156. The molecular weight excluding hydrogens is 408 g/mol. The summed E-state index contributed by atoms with van der Waals surface area (Å²) in [6.07, 6.45) is 19.0. The Labute approximate surface area is 204 Å². The van der Waals surface area contributed by atoms with Gasteiger partial charge in [-0.3, -0.25) is 4.79 Å². The van der Waals surface area contributed by atoms with Crippen molar-refractivity contribution in [1.29, 1.82) is 0 Å². The van der Waals surface area contributed by atoms with E-state index in [2.05, 4.69) is 45.0 Å². The maximum absolute atomic E-state index is 12.8. The molecular formula is C30H50O3. The van der Waals surface area contributed by atoms with Crippen molar-refractivity contribution in [2.45, 2.75) is 136 Å². The second kappa shape index (κ2) is 17.1. The average molecular weight is 459 g/mol. The molecule has 188 valence electrons. The summed E-state index contributed by atoms with van der Waals surface area (Å²) in [4.78, 5) is 12.8. The summed E-state index contributed by atoms with van der Waals surface area (Å²) in [7, 11) is 0. The minimum Gasteiger partial charge on any atom is -0.457 e. The average Bonchev–Trinajstić information content (AvgIpc) is 2.85. The predicted molar refractivity (Wildman–Crippen MR) is 138 cm³/mol. The van der Waals surface area contributed by atoms with Crippen molar-refractivity contribution >= 4 is 5.97 Å². The number of hydrogen-bond acceptors (Lipinski definition) is 3. The van der Waals surface area contributed by atoms with Crippen molar-refractivity contribution in [3.8, 4) is 0 Å². The first kappa shape index (κ1) is 27.9. The lowest BCUT2D eigenvalue weighted by atomic mass is 9.87. The molecule has 0 saturated heterocycles. The van der Waals surface area contributed by atoms with Gasteiger partial charge in [-0.15, -0.1) is 0 Å². The SMILES string of the molecule is CCCCCCCCCCc1ccc(C(CC)OC(=O)C2CCC(OCCCC)CC2)cc1. The Bertz CT molecular complexity index is 616. The first-order chi connectivity index (χ1) is 16.2. The van der Waals surface area contributed by atoms with E-state index in [0.717, 1.165) is 57.1 Å². The lowest BCUT2D eigenvalue weighted by Crippen LogP contribution is -2.28. The summed E-state index contributed by atoms with van der Waals surface area (Å²) in [5.74, 6) is 0.0168. The highest BCUT2D eigenvalue weighted by Crippen LogP contribution is 2.30. The van der Waals surface area contributed by atoms with Crippen LogP contribution in [0, 0.1) is 5.92 Å². The summed E-state index contributed by atoms with van der Waals surface area (Å²) < 4.78 is 11.9. The molecule has 1 aliphatic rings. The molecule has 0 N–H and O–H groups in total. The normalized spacial score (nSPS) is 19.4. The Morgan fingerprint density at radius 1 is 0.818 bits per heavy atom. The second-order valence-electron chi connectivity index (χ2n) is 10.00. The number of ether oxygens (including phenoxy) is 2. The number of carbonyl (C=O) groups excluding carboxylic acids is 1. The van der Waals surface area contributed by atoms with E-state index < -0.39 is 0 Å². The molecule has 0 aromatic heterocycles. The number of benzene rings is 1. The second-order valence-corrected chi connectivity index (χ2v) is 10.00. The standard InChI is InChI=1S/C30H50O3/c1-4-7-9-10-11-12-13-14-15-25-16-18-26(19-17-25)29(6-3)33-30(31)27-20-22-28(23-21-27)32-24-8-5-2/h16-19,27-29H,4-15,20-24H2,1-3H3. The summed E-state index contributed by atoms with van der Waals surface area (Å²) in [5.41, 5.74) is 2.52. The molecule has 1 saturated carbocycles. The van der Waals surface area contributed by atoms with Crippen LogP contribution in [-0.2, 0) is 20.7 Å². The highest BCUT2D eigenvalue weighted by Gasteiger charge is 2.29. The van der Waals surface area contributed by atoms with Gasteiger partial charge in [0.2, 0.25) is 0 Å². The molecule has 3 nitrogen and oxygen atoms in total. The number of carbonyl (C=O) groups is 1. The molecule has 1 aromatic carbocycles. The molecule has 0 bridgehead atoms. The summed E-state index contributed by atoms with van der Waals surface area (Å²) in [6.45, 7) is 7.41. The molecule has 0 amide bonds. The third kappa shape index (κ3) is 11.1. The minimum atomic E-state index is -0.131. The Morgan fingerprint density at radius 2 is 1.42 bits per heavy atom. The van der Waals surface area contributed by atoms with Crippen molar-refractivity contribution < 1.29 is 14.3 Å². The summed E-state index contributed by atoms with van der Waals surface area (Å²) in [5, 5.41) is 0. The maximum atomic E-state index is 12.8. The van der Waals surface area contributed by atoms with Gasteiger partial charge in [-0.1, -0.05) is 96.4 Å². The number of rotatable bonds is 17. The molecule has 0 aliphatic heterocycles. The van der Waals surface area contributed by atoms with Crippen LogP contribution in [0.1, 0.15) is 134 Å². The van der Waals surface area contributed by atoms with Gasteiger partial charge >= 0.3 is 5.97 Å². The minimum absolute atomic E-state index is 0.0168. The van der Waals surface area contributed by atoms with Crippen LogP contribution in [0.2, 0.25) is 0 Å². The lowest BCUT2D eigenvalue weighted by Gasteiger charge is -2.28. The van der Waals surface area contributed by atoms with Gasteiger partial charge in [0.1, 0.15) is 6.10 Å². The van der Waals surface area contributed by atoms with Gasteiger partial charge in [0.25, 0.3) is 0 Å². The van der Waals surface area contributed by atoms with Gasteiger partial charge in [0.15, 0.2) is 0 Å². The Morgan fingerprint density at radius 3 is 2.03 bits per heavy atom. The molecule has 0 spiro atoms. The van der Waals surface area contributed by atoms with Gasteiger partial charge in [-0.25, -0.2) is 0 Å². The largest absolute Gasteiger partial charge is 0.457 e. The Balaban J connectivity index is 1.68. The molecule has 1 atom stereocenters. The van der Waals surface area contributed by atoms with Crippen molar-refractivity contribution in [3.05, 3.63) is 35.4 Å². The first-order valence-electron chi connectivity index (χ1n) is 14.1. The van der Waals surface area contributed by atoms with E-state index in [1.165, 1.54) is 63.4 Å². The van der Waals surface area contributed by atoms with E-state index >= 15 is 0 Å². The highest BCUT2D eigenvalue weighted by atomic mass is 16.5. The van der Waals surface area contributed by atoms with Crippen LogP contribution in [0.15, 0.2) is 24.3 Å². The fourth-order valence-corrected chi connectivity index (χ4v) is 4.85. The Kier molecular flexibility index (Phi) is 14.5. The molecule has 0 radical (unpaired) electrons. The number of hydrogen-bond donors (Lipinski definition) is 0. The van der Waals surface area contributed by atoms with Crippen LogP contribution in [0.3, 0.4) is 0 Å². The first-order valence-corrected chi connectivity index (χ1v) is 14.1. The molecule has 33 heavy (non-hydrogen) atoms. The van der Waals surface area contributed by atoms with Crippen LogP contribution in [0.25, 0.3) is 0 Å². The van der Waals surface area contributed by atoms with E-state index in [1.807, 2.05) is 0 Å². The Hall–Kier alpha value is -1.35. The summed E-state index contributed by atoms with van der Waals surface area (Å²) in [6, 6.07) is 8.79. The van der Waals surface area contributed by atoms with Gasteiger partial charge in [-0.05, 0) is 62.5 Å². The van der Waals surface area contributed by atoms with Crippen LogP contribution < -0.4 is 0 Å². The molecule has 1 aromatic rings.